The highest BCUT2D eigenvalue weighted by molar-refractivity contribution is 6.39. The topological polar surface area (TPSA) is 159 Å². The van der Waals surface area contributed by atoms with E-state index in [1.807, 2.05) is 0 Å². The molecule has 0 saturated carbocycles. The van der Waals surface area contributed by atoms with Crippen LogP contribution in [-0.2, 0) is 0 Å². The summed E-state index contributed by atoms with van der Waals surface area (Å²) < 4.78 is 0. The van der Waals surface area contributed by atoms with E-state index in [9.17, 15) is 29.4 Å². The minimum atomic E-state index is -1.25. The Bertz CT molecular complexity index is 2170. The van der Waals surface area contributed by atoms with E-state index in [1.54, 1.807) is 85.2 Å². The molecule has 0 fully saturated rings. The van der Waals surface area contributed by atoms with Crippen molar-refractivity contribution >= 4 is 78.5 Å². The number of hydrogen-bond donors (Lipinski definition) is 4. The van der Waals surface area contributed by atoms with E-state index in [0.717, 1.165) is 0 Å². The van der Waals surface area contributed by atoms with Gasteiger partial charge in [-0.2, -0.15) is 0 Å². The van der Waals surface area contributed by atoms with Crippen LogP contribution in [0.25, 0.3) is 43.1 Å². The molecule has 4 N–H and O–H groups in total. The molecular formula is C34H20N4O6. The fourth-order valence-electron chi connectivity index (χ4n) is 5.86. The van der Waals surface area contributed by atoms with E-state index >= 15 is 0 Å². The summed E-state index contributed by atoms with van der Waals surface area (Å²) in [5.74, 6) is -2.83. The molecule has 2 heterocycles. The first-order valence-electron chi connectivity index (χ1n) is 13.4. The number of nitrogens with one attached hydrogen (secondary N) is 2. The van der Waals surface area contributed by atoms with Crippen molar-refractivity contribution in [3.05, 3.63) is 120 Å². The van der Waals surface area contributed by atoms with Crippen LogP contribution in [0.15, 0.2) is 97.3 Å². The molecule has 212 valence electrons. The monoisotopic (exact) mass is 580 g/mol. The molecule has 7 rings (SSSR count). The smallest absolute Gasteiger partial charge is 0.336 e. The van der Waals surface area contributed by atoms with Crippen LogP contribution >= 0.6 is 0 Å². The first kappa shape index (κ1) is 26.5. The lowest BCUT2D eigenvalue weighted by Crippen LogP contribution is -2.17. The van der Waals surface area contributed by atoms with Crippen LogP contribution in [-0.4, -0.2) is 43.9 Å². The number of aromatic nitrogens is 2. The maximum Gasteiger partial charge on any atom is 0.336 e. The van der Waals surface area contributed by atoms with Gasteiger partial charge in [0, 0.05) is 34.3 Å². The number of pyridine rings is 2. The quantitative estimate of drug-likeness (QED) is 0.129. The lowest BCUT2D eigenvalue weighted by molar-refractivity contribution is 0.0695. The predicted octanol–water partition coefficient (Wildman–Crippen LogP) is 6.43. The number of anilines is 2. The average Bonchev–Trinajstić information content (AvgIpc) is 3.03. The van der Waals surface area contributed by atoms with Crippen molar-refractivity contribution in [1.29, 1.82) is 0 Å². The van der Waals surface area contributed by atoms with Crippen LogP contribution in [0.2, 0.25) is 0 Å². The van der Waals surface area contributed by atoms with Crippen molar-refractivity contribution in [3.63, 3.8) is 0 Å². The van der Waals surface area contributed by atoms with Gasteiger partial charge in [0.2, 0.25) is 0 Å². The third kappa shape index (κ3) is 4.12. The van der Waals surface area contributed by atoms with Gasteiger partial charge in [-0.25, -0.2) is 19.6 Å². The minimum absolute atomic E-state index is 0.104. The van der Waals surface area contributed by atoms with Crippen LogP contribution in [0.1, 0.15) is 41.4 Å². The molecule has 0 bridgehead atoms. The van der Waals surface area contributed by atoms with Gasteiger partial charge < -0.3 is 20.8 Å². The number of rotatable bonds is 6. The van der Waals surface area contributed by atoms with Gasteiger partial charge in [-0.15, -0.1) is 0 Å². The van der Waals surface area contributed by atoms with Gasteiger partial charge in [0.25, 0.3) is 11.8 Å². The Morgan fingerprint density at radius 1 is 0.455 bits per heavy atom. The number of hydrogen-bond acceptors (Lipinski definition) is 6. The number of benzene rings is 5. The molecule has 10 heteroatoms. The highest BCUT2D eigenvalue weighted by Gasteiger charge is 2.26. The highest BCUT2D eigenvalue weighted by atomic mass is 16.4. The van der Waals surface area contributed by atoms with Gasteiger partial charge in [-0.3, -0.25) is 9.59 Å². The van der Waals surface area contributed by atoms with E-state index in [1.165, 1.54) is 12.1 Å². The van der Waals surface area contributed by atoms with Gasteiger partial charge in [0.1, 0.15) is 11.6 Å². The first-order chi connectivity index (χ1) is 21.3. The Balaban J connectivity index is 1.58. The maximum atomic E-state index is 13.7. The SMILES string of the molecule is O=C(O)c1ccc2c3ccc(C(=O)Nc4ccccn4)c4c(C(=O)Nc5ccccn5)ccc(c5ccc(C(=O)O)c1c25)c43. The zero-order valence-electron chi connectivity index (χ0n) is 22.7. The molecule has 7 aromatic rings. The summed E-state index contributed by atoms with van der Waals surface area (Å²) in [6.07, 6.45) is 3.10. The molecule has 0 radical (unpaired) electrons. The normalized spacial score (nSPS) is 11.3. The number of carbonyl (C=O) groups excluding carboxylic acids is 2. The molecular weight excluding hydrogens is 560 g/mol. The van der Waals surface area contributed by atoms with Crippen LogP contribution in [0.5, 0.6) is 0 Å². The Labute approximate surface area is 247 Å². The van der Waals surface area contributed by atoms with Gasteiger partial charge in [0.15, 0.2) is 0 Å². The van der Waals surface area contributed by atoms with E-state index in [-0.39, 0.29) is 27.6 Å². The summed E-state index contributed by atoms with van der Waals surface area (Å²) in [5.41, 5.74) is 0.152. The fourth-order valence-corrected chi connectivity index (χ4v) is 5.86. The largest absolute Gasteiger partial charge is 0.478 e. The van der Waals surface area contributed by atoms with Crippen molar-refractivity contribution in [2.24, 2.45) is 0 Å². The van der Waals surface area contributed by atoms with E-state index < -0.39 is 23.8 Å². The molecule has 2 amide bonds. The number of carboxylic acid groups (broad SMARTS) is 2. The van der Waals surface area contributed by atoms with E-state index in [2.05, 4.69) is 20.6 Å². The Kier molecular flexibility index (Phi) is 6.10. The van der Waals surface area contributed by atoms with Crippen molar-refractivity contribution < 1.29 is 29.4 Å². The molecule has 0 aliphatic heterocycles. The van der Waals surface area contributed by atoms with E-state index in [0.29, 0.717) is 49.3 Å². The first-order valence-corrected chi connectivity index (χ1v) is 13.4. The second-order valence-electron chi connectivity index (χ2n) is 10.1. The van der Waals surface area contributed by atoms with E-state index in [4.69, 9.17) is 0 Å². The summed E-state index contributed by atoms with van der Waals surface area (Å²) in [6.45, 7) is 0. The molecule has 5 aromatic carbocycles. The van der Waals surface area contributed by atoms with Gasteiger partial charge in [0.05, 0.1) is 11.1 Å². The second kappa shape index (κ2) is 10.1. The van der Waals surface area contributed by atoms with Gasteiger partial charge in [-0.05, 0) is 80.8 Å². The molecule has 0 saturated heterocycles. The molecule has 0 aliphatic rings. The lowest BCUT2D eigenvalue weighted by Gasteiger charge is -2.20. The number of aromatic carboxylic acids is 2. The molecule has 44 heavy (non-hydrogen) atoms. The third-order valence-electron chi connectivity index (χ3n) is 7.66. The number of nitrogens with zero attached hydrogens (tertiary/aromatic N) is 2. The van der Waals surface area contributed by atoms with Crippen molar-refractivity contribution in [2.75, 3.05) is 10.6 Å². The molecule has 0 spiro atoms. The lowest BCUT2D eigenvalue weighted by atomic mass is 9.84. The Hall–Kier alpha value is -6.42. The van der Waals surface area contributed by atoms with Crippen LogP contribution in [0.3, 0.4) is 0 Å². The van der Waals surface area contributed by atoms with Gasteiger partial charge in [-0.1, -0.05) is 36.4 Å². The summed E-state index contributed by atoms with van der Waals surface area (Å²) >= 11 is 0. The third-order valence-corrected chi connectivity index (χ3v) is 7.66. The van der Waals surface area contributed by atoms with Crippen LogP contribution in [0, 0.1) is 0 Å². The molecule has 2 aromatic heterocycles. The summed E-state index contributed by atoms with van der Waals surface area (Å²) in [7, 11) is 0. The van der Waals surface area contributed by atoms with Crippen LogP contribution in [0.4, 0.5) is 11.6 Å². The zero-order chi connectivity index (χ0) is 30.5. The Morgan fingerprint density at radius 3 is 1.16 bits per heavy atom. The summed E-state index contributed by atoms with van der Waals surface area (Å²) in [5, 5.41) is 29.4. The number of amides is 2. The molecule has 0 unspecified atom stereocenters. The van der Waals surface area contributed by atoms with Crippen molar-refractivity contribution in [1.82, 2.24) is 9.97 Å². The standard InChI is InChI=1S/C34H20N4O6/c39-31(37-25-5-1-3-15-35-25)21-11-7-17-19-9-13-23(33(41)42)30-24(34(43)44)14-10-20(28(19)30)18-8-12-22(29(21)27(17)18)32(40)38-26-6-2-4-16-36-26/h1-16H,(H,41,42)(H,43,44)(H,35,37,39)(H,36,38,40). The zero-order valence-corrected chi connectivity index (χ0v) is 22.7. The second-order valence-corrected chi connectivity index (χ2v) is 10.1. The van der Waals surface area contributed by atoms with Crippen LogP contribution < -0.4 is 10.6 Å². The Morgan fingerprint density at radius 2 is 0.818 bits per heavy atom. The fraction of sp³-hybridized carbons (Fsp3) is 0. The highest BCUT2D eigenvalue weighted by Crippen LogP contribution is 2.44. The number of fused-ring (bicyclic) bond motifs is 2. The summed E-state index contributed by atoms with van der Waals surface area (Å²) in [6, 6.07) is 22.9. The molecule has 0 atom stereocenters. The number of carboxylic acids is 2. The minimum Gasteiger partial charge on any atom is -0.478 e. The van der Waals surface area contributed by atoms with Crippen molar-refractivity contribution in [2.45, 2.75) is 0 Å². The maximum absolute atomic E-state index is 13.7. The number of carbonyl (C=O) groups is 4. The molecule has 10 nitrogen and oxygen atoms in total. The summed E-state index contributed by atoms with van der Waals surface area (Å²) in [4.78, 5) is 60.3. The average molecular weight is 581 g/mol. The predicted molar refractivity (Wildman–Crippen MR) is 166 cm³/mol. The van der Waals surface area contributed by atoms with Crippen molar-refractivity contribution in [3.8, 4) is 0 Å². The molecule has 0 aliphatic carbocycles. The van der Waals surface area contributed by atoms with Gasteiger partial charge >= 0.3 is 11.9 Å².